The van der Waals surface area contributed by atoms with Crippen molar-refractivity contribution in [1.29, 1.82) is 0 Å². The number of carbonyl (C=O) groups is 2. The summed E-state index contributed by atoms with van der Waals surface area (Å²) in [7, 11) is 0. The van der Waals surface area contributed by atoms with Gasteiger partial charge >= 0.3 is 0 Å². The van der Waals surface area contributed by atoms with Crippen molar-refractivity contribution in [3.05, 3.63) is 65.7 Å². The molecule has 0 saturated carbocycles. The number of nitrogens with zero attached hydrogens (tertiary/aromatic N) is 1. The zero-order valence-corrected chi connectivity index (χ0v) is 13.3. The van der Waals surface area contributed by atoms with E-state index >= 15 is 0 Å². The summed E-state index contributed by atoms with van der Waals surface area (Å²) in [6.45, 7) is 0.645. The normalized spacial score (nSPS) is 17.1. The van der Waals surface area contributed by atoms with E-state index in [1.165, 1.54) is 5.56 Å². The van der Waals surface area contributed by atoms with Crippen LogP contribution in [0.5, 0.6) is 0 Å². The largest absolute Gasteiger partial charge is 0.312 e. The first-order chi connectivity index (χ1) is 11.7. The number of carbonyl (C=O) groups excluding carboxylic acids is 2. The number of benzene rings is 2. The van der Waals surface area contributed by atoms with Crippen molar-refractivity contribution >= 4 is 17.5 Å². The van der Waals surface area contributed by atoms with Crippen LogP contribution in [0.25, 0.3) is 0 Å². The van der Waals surface area contributed by atoms with Crippen LogP contribution in [0.15, 0.2) is 54.6 Å². The molecule has 1 saturated heterocycles. The van der Waals surface area contributed by atoms with E-state index in [4.69, 9.17) is 5.21 Å². The van der Waals surface area contributed by atoms with Crippen LogP contribution in [0.4, 0.5) is 5.69 Å². The highest BCUT2D eigenvalue weighted by molar-refractivity contribution is 5.97. The zero-order valence-electron chi connectivity index (χ0n) is 13.3. The van der Waals surface area contributed by atoms with Gasteiger partial charge in [-0.3, -0.25) is 14.8 Å². The summed E-state index contributed by atoms with van der Waals surface area (Å²) >= 11 is 0. The minimum Gasteiger partial charge on any atom is -0.312 e. The third kappa shape index (κ3) is 3.46. The third-order valence-electron chi connectivity index (χ3n) is 4.42. The Kier molecular flexibility index (Phi) is 4.91. The van der Waals surface area contributed by atoms with E-state index in [1.54, 1.807) is 5.48 Å². The fraction of sp³-hybridized carbons (Fsp3) is 0.263. The summed E-state index contributed by atoms with van der Waals surface area (Å²) in [5.41, 5.74) is 4.60. The smallest absolute Gasteiger partial charge is 0.243 e. The number of hydrogen-bond acceptors (Lipinski definition) is 3. The van der Waals surface area contributed by atoms with Gasteiger partial charge in [0.15, 0.2) is 0 Å². The molecule has 5 nitrogen and oxygen atoms in total. The fourth-order valence-corrected chi connectivity index (χ4v) is 3.18. The van der Waals surface area contributed by atoms with Crippen molar-refractivity contribution in [1.82, 2.24) is 5.48 Å². The van der Waals surface area contributed by atoms with Gasteiger partial charge in [0.25, 0.3) is 0 Å². The zero-order chi connectivity index (χ0) is 16.9. The third-order valence-corrected chi connectivity index (χ3v) is 4.42. The molecule has 1 aliphatic rings. The van der Waals surface area contributed by atoms with Crippen LogP contribution >= 0.6 is 0 Å². The number of hydrogen-bond donors (Lipinski definition) is 2. The molecule has 2 amide bonds. The van der Waals surface area contributed by atoms with Gasteiger partial charge in [0.1, 0.15) is 0 Å². The van der Waals surface area contributed by atoms with Crippen LogP contribution in [-0.4, -0.2) is 23.6 Å². The molecule has 1 aliphatic heterocycles. The van der Waals surface area contributed by atoms with Crippen LogP contribution in [0.3, 0.4) is 0 Å². The van der Waals surface area contributed by atoms with Gasteiger partial charge in [-0.1, -0.05) is 48.5 Å². The van der Waals surface area contributed by atoms with Crippen molar-refractivity contribution in [2.45, 2.75) is 25.2 Å². The molecule has 2 N–H and O–H groups in total. The molecule has 124 valence electrons. The molecule has 0 radical (unpaired) electrons. The van der Waals surface area contributed by atoms with Crippen LogP contribution < -0.4 is 10.4 Å². The average molecular weight is 324 g/mol. The van der Waals surface area contributed by atoms with Gasteiger partial charge < -0.3 is 4.90 Å². The molecule has 0 spiro atoms. The minimum absolute atomic E-state index is 0.0999. The van der Waals surface area contributed by atoms with E-state index in [2.05, 4.69) is 12.1 Å². The number of anilines is 1. The Hall–Kier alpha value is -2.66. The first-order valence-corrected chi connectivity index (χ1v) is 8.05. The lowest BCUT2D eigenvalue weighted by atomic mass is 9.98. The first kappa shape index (κ1) is 16.2. The molecule has 0 aliphatic carbocycles. The van der Waals surface area contributed by atoms with Crippen LogP contribution in [0.2, 0.25) is 0 Å². The molecule has 1 fully saturated rings. The Morgan fingerprint density at radius 3 is 2.58 bits per heavy atom. The Balaban J connectivity index is 1.79. The molecule has 5 heteroatoms. The second-order valence-electron chi connectivity index (χ2n) is 5.98. The fourth-order valence-electron chi connectivity index (χ4n) is 3.18. The van der Waals surface area contributed by atoms with E-state index in [0.717, 1.165) is 11.3 Å². The number of aryl methyl sites for hydroxylation is 1. The second kappa shape index (κ2) is 7.27. The predicted molar refractivity (Wildman–Crippen MR) is 90.8 cm³/mol. The SMILES string of the molecule is O=C(CCc1ccccc1N1CC(c2ccccc2)CC1=O)NO. The summed E-state index contributed by atoms with van der Waals surface area (Å²) in [6.07, 6.45) is 1.15. The molecule has 3 rings (SSSR count). The van der Waals surface area contributed by atoms with Gasteiger partial charge in [-0.2, -0.15) is 0 Å². The first-order valence-electron chi connectivity index (χ1n) is 8.05. The van der Waals surface area contributed by atoms with Crippen LogP contribution in [0, 0.1) is 0 Å². The highest BCUT2D eigenvalue weighted by Gasteiger charge is 2.32. The lowest BCUT2D eigenvalue weighted by Gasteiger charge is -2.20. The van der Waals surface area contributed by atoms with E-state index in [1.807, 2.05) is 47.4 Å². The van der Waals surface area contributed by atoms with Gasteiger partial charge in [0.2, 0.25) is 11.8 Å². The van der Waals surface area contributed by atoms with Crippen molar-refractivity contribution < 1.29 is 14.8 Å². The Morgan fingerprint density at radius 1 is 1.12 bits per heavy atom. The monoisotopic (exact) mass is 324 g/mol. The number of hydroxylamine groups is 1. The molecule has 1 unspecified atom stereocenters. The van der Waals surface area contributed by atoms with Crippen LogP contribution in [0.1, 0.15) is 29.9 Å². The van der Waals surface area contributed by atoms with E-state index in [0.29, 0.717) is 19.4 Å². The Bertz CT molecular complexity index is 730. The molecule has 0 bridgehead atoms. The Morgan fingerprint density at radius 2 is 1.83 bits per heavy atom. The standard InChI is InChI=1S/C19H20N2O3/c22-18(20-24)11-10-15-8-4-5-9-17(15)21-13-16(12-19(21)23)14-6-2-1-3-7-14/h1-9,16,24H,10-13H2,(H,20,22). The quantitative estimate of drug-likeness (QED) is 0.656. The lowest BCUT2D eigenvalue weighted by Crippen LogP contribution is -2.26. The number of rotatable bonds is 5. The van der Waals surface area contributed by atoms with Crippen molar-refractivity contribution in [3.8, 4) is 0 Å². The maximum absolute atomic E-state index is 12.5. The van der Waals surface area contributed by atoms with Gasteiger partial charge in [-0.05, 0) is 23.6 Å². The number of amides is 2. The van der Waals surface area contributed by atoms with Crippen molar-refractivity contribution in [2.24, 2.45) is 0 Å². The van der Waals surface area contributed by atoms with Gasteiger partial charge in [-0.25, -0.2) is 5.48 Å². The predicted octanol–water partition coefficient (Wildman–Crippen LogP) is 2.65. The molecule has 2 aromatic rings. The van der Waals surface area contributed by atoms with E-state index in [-0.39, 0.29) is 18.2 Å². The van der Waals surface area contributed by atoms with Gasteiger partial charge in [-0.15, -0.1) is 0 Å². The summed E-state index contributed by atoms with van der Waals surface area (Å²) < 4.78 is 0. The maximum Gasteiger partial charge on any atom is 0.243 e. The summed E-state index contributed by atoms with van der Waals surface area (Å²) in [5.74, 6) is -0.143. The minimum atomic E-state index is -0.431. The molecule has 24 heavy (non-hydrogen) atoms. The number of nitrogens with one attached hydrogen (secondary N) is 1. The highest BCUT2D eigenvalue weighted by Crippen LogP contribution is 2.33. The Labute approximate surface area is 140 Å². The lowest BCUT2D eigenvalue weighted by molar-refractivity contribution is -0.129. The maximum atomic E-state index is 12.5. The van der Waals surface area contributed by atoms with E-state index in [9.17, 15) is 9.59 Å². The second-order valence-corrected chi connectivity index (χ2v) is 5.98. The van der Waals surface area contributed by atoms with E-state index < -0.39 is 5.91 Å². The van der Waals surface area contributed by atoms with Gasteiger partial charge in [0, 0.05) is 31.0 Å². The molecular formula is C19H20N2O3. The topological polar surface area (TPSA) is 69.6 Å². The van der Waals surface area contributed by atoms with Gasteiger partial charge in [0.05, 0.1) is 0 Å². The number of para-hydroxylation sites is 1. The average Bonchev–Trinajstić information content (AvgIpc) is 3.02. The summed E-state index contributed by atoms with van der Waals surface area (Å²) in [4.78, 5) is 25.6. The molecule has 2 aromatic carbocycles. The van der Waals surface area contributed by atoms with Crippen molar-refractivity contribution in [3.63, 3.8) is 0 Å². The van der Waals surface area contributed by atoms with Crippen molar-refractivity contribution in [2.75, 3.05) is 11.4 Å². The molecule has 0 aromatic heterocycles. The summed E-state index contributed by atoms with van der Waals surface area (Å²) in [5, 5.41) is 8.63. The molecule has 1 atom stereocenters. The molecule has 1 heterocycles. The highest BCUT2D eigenvalue weighted by atomic mass is 16.5. The summed E-state index contributed by atoms with van der Waals surface area (Å²) in [6, 6.07) is 17.7. The van der Waals surface area contributed by atoms with Crippen LogP contribution in [-0.2, 0) is 16.0 Å². The molecular weight excluding hydrogens is 304 g/mol.